The van der Waals surface area contributed by atoms with Crippen molar-refractivity contribution in [3.63, 3.8) is 0 Å². The molecule has 0 spiro atoms. The quantitative estimate of drug-likeness (QED) is 0.418. The lowest BCUT2D eigenvalue weighted by molar-refractivity contribution is -0.136. The van der Waals surface area contributed by atoms with E-state index in [0.29, 0.717) is 5.47 Å². The van der Waals surface area contributed by atoms with Gasteiger partial charge in [0.2, 0.25) is 0 Å². The molecular formula is C22H25BO5. The summed E-state index contributed by atoms with van der Waals surface area (Å²) in [6.07, 6.45) is 8.23. The Balaban J connectivity index is 1.75. The molecule has 1 aromatic heterocycles. The van der Waals surface area contributed by atoms with Crippen molar-refractivity contribution in [3.05, 3.63) is 72.2 Å². The summed E-state index contributed by atoms with van der Waals surface area (Å²) in [5.74, 6) is -0.453. The average Bonchev–Trinajstić information content (AvgIpc) is 3.23. The summed E-state index contributed by atoms with van der Waals surface area (Å²) in [5.41, 5.74) is 1.41. The molecule has 1 aliphatic rings. The second-order valence-corrected chi connectivity index (χ2v) is 7.64. The van der Waals surface area contributed by atoms with Crippen molar-refractivity contribution in [2.24, 2.45) is 0 Å². The van der Waals surface area contributed by atoms with E-state index in [1.807, 2.05) is 70.2 Å². The van der Waals surface area contributed by atoms with Crippen molar-refractivity contribution in [1.82, 2.24) is 0 Å². The van der Waals surface area contributed by atoms with Gasteiger partial charge in [-0.25, -0.2) is 4.79 Å². The molecule has 0 bridgehead atoms. The van der Waals surface area contributed by atoms with E-state index >= 15 is 0 Å². The predicted octanol–water partition coefficient (Wildman–Crippen LogP) is 4.55. The van der Waals surface area contributed by atoms with Gasteiger partial charge in [0.15, 0.2) is 0 Å². The van der Waals surface area contributed by atoms with E-state index in [9.17, 15) is 4.79 Å². The minimum atomic E-state index is -0.651. The highest BCUT2D eigenvalue weighted by Gasteiger charge is 2.52. The number of rotatable bonds is 6. The van der Waals surface area contributed by atoms with Crippen molar-refractivity contribution in [2.45, 2.75) is 38.9 Å². The molecule has 3 rings (SSSR count). The van der Waals surface area contributed by atoms with E-state index in [0.717, 1.165) is 11.1 Å². The molecule has 28 heavy (non-hydrogen) atoms. The molecule has 0 N–H and O–H groups in total. The van der Waals surface area contributed by atoms with Crippen LogP contribution in [0.2, 0.25) is 0 Å². The van der Waals surface area contributed by atoms with E-state index in [-0.39, 0.29) is 6.61 Å². The Morgan fingerprint density at radius 3 is 2.36 bits per heavy atom. The maximum atomic E-state index is 12.4. The zero-order valence-electron chi connectivity index (χ0n) is 16.7. The molecule has 0 amide bonds. The van der Waals surface area contributed by atoms with Crippen LogP contribution in [0.4, 0.5) is 0 Å². The van der Waals surface area contributed by atoms with Crippen molar-refractivity contribution in [3.8, 4) is 0 Å². The van der Waals surface area contributed by atoms with Crippen LogP contribution >= 0.6 is 0 Å². The number of carbonyl (C=O) groups excluding carboxylic acids is 1. The van der Waals surface area contributed by atoms with Crippen LogP contribution in [-0.4, -0.2) is 30.9 Å². The smallest absolute Gasteiger partial charge is 0.472 e. The number of carbonyl (C=O) groups is 1. The van der Waals surface area contributed by atoms with E-state index in [2.05, 4.69) is 0 Å². The highest BCUT2D eigenvalue weighted by molar-refractivity contribution is 6.69. The average molecular weight is 380 g/mol. The Labute approximate surface area is 166 Å². The van der Waals surface area contributed by atoms with Gasteiger partial charge in [0.25, 0.3) is 0 Å². The molecule has 0 saturated carbocycles. The van der Waals surface area contributed by atoms with Gasteiger partial charge >= 0.3 is 13.1 Å². The minimum Gasteiger partial charge on any atom is -0.472 e. The zero-order valence-corrected chi connectivity index (χ0v) is 16.7. The molecule has 1 aliphatic heterocycles. The van der Waals surface area contributed by atoms with Crippen LogP contribution < -0.4 is 0 Å². The van der Waals surface area contributed by atoms with Gasteiger partial charge in [0.05, 0.1) is 23.7 Å². The second-order valence-electron chi connectivity index (χ2n) is 7.64. The summed E-state index contributed by atoms with van der Waals surface area (Å²) >= 11 is 0. The van der Waals surface area contributed by atoms with Crippen LogP contribution in [-0.2, 0) is 18.8 Å². The van der Waals surface area contributed by atoms with E-state index in [1.54, 1.807) is 18.6 Å². The van der Waals surface area contributed by atoms with Gasteiger partial charge in [0.1, 0.15) is 6.61 Å². The summed E-state index contributed by atoms with van der Waals surface area (Å²) in [6, 6.07) is 11.4. The monoisotopic (exact) mass is 380 g/mol. The van der Waals surface area contributed by atoms with Crippen molar-refractivity contribution in [1.29, 1.82) is 0 Å². The Morgan fingerprint density at radius 1 is 1.07 bits per heavy atom. The van der Waals surface area contributed by atoms with Crippen molar-refractivity contribution < 1.29 is 23.3 Å². The lowest BCUT2D eigenvalue weighted by Gasteiger charge is -2.32. The summed E-state index contributed by atoms with van der Waals surface area (Å²) in [7, 11) is -0.651. The molecule has 1 aromatic carbocycles. The zero-order chi connectivity index (χ0) is 20.2. The first-order valence-corrected chi connectivity index (χ1v) is 9.27. The Bertz CT molecular complexity index is 834. The molecular weight excluding hydrogens is 355 g/mol. The summed E-state index contributed by atoms with van der Waals surface area (Å²) < 4.78 is 22.6. The van der Waals surface area contributed by atoms with Gasteiger partial charge < -0.3 is 18.5 Å². The number of esters is 1. The predicted molar refractivity (Wildman–Crippen MR) is 109 cm³/mol. The third kappa shape index (κ3) is 4.64. The highest BCUT2D eigenvalue weighted by atomic mass is 16.7. The molecule has 2 aromatic rings. The summed E-state index contributed by atoms with van der Waals surface area (Å²) in [6.45, 7) is 8.08. The number of ether oxygens (including phenoxy) is 1. The molecule has 0 aliphatic carbocycles. The first-order chi connectivity index (χ1) is 13.3. The Hall–Kier alpha value is -2.57. The molecule has 1 saturated heterocycles. The maximum absolute atomic E-state index is 12.4. The Kier molecular flexibility index (Phi) is 5.91. The first kappa shape index (κ1) is 20.2. The number of hydrogen-bond acceptors (Lipinski definition) is 5. The number of furan rings is 1. The largest absolute Gasteiger partial charge is 0.495 e. The van der Waals surface area contributed by atoms with E-state index in [4.69, 9.17) is 18.5 Å². The van der Waals surface area contributed by atoms with Gasteiger partial charge in [-0.3, -0.25) is 0 Å². The van der Waals surface area contributed by atoms with Crippen LogP contribution in [0.5, 0.6) is 0 Å². The van der Waals surface area contributed by atoms with E-state index < -0.39 is 24.3 Å². The van der Waals surface area contributed by atoms with Crippen LogP contribution in [0, 0.1) is 0 Å². The lowest BCUT2D eigenvalue weighted by atomic mass is 9.74. The fourth-order valence-corrected chi connectivity index (χ4v) is 2.74. The van der Waals surface area contributed by atoms with Gasteiger partial charge in [-0.05, 0) is 50.9 Å². The van der Waals surface area contributed by atoms with Crippen LogP contribution in [0.3, 0.4) is 0 Å². The molecule has 146 valence electrons. The van der Waals surface area contributed by atoms with Crippen LogP contribution in [0.25, 0.3) is 11.5 Å². The first-order valence-electron chi connectivity index (χ1n) is 9.27. The van der Waals surface area contributed by atoms with Crippen molar-refractivity contribution in [2.75, 3.05) is 6.61 Å². The van der Waals surface area contributed by atoms with Crippen molar-refractivity contribution >= 4 is 24.6 Å². The highest BCUT2D eigenvalue weighted by Crippen LogP contribution is 2.40. The third-order valence-corrected chi connectivity index (χ3v) is 5.06. The molecule has 6 heteroatoms. The Morgan fingerprint density at radius 2 is 1.75 bits per heavy atom. The fourth-order valence-electron chi connectivity index (χ4n) is 2.74. The molecule has 1 fully saturated rings. The lowest BCUT2D eigenvalue weighted by Crippen LogP contribution is -2.41. The van der Waals surface area contributed by atoms with E-state index in [1.165, 1.54) is 6.08 Å². The molecule has 0 atom stereocenters. The van der Waals surface area contributed by atoms with Crippen LogP contribution in [0.15, 0.2) is 65.5 Å². The van der Waals surface area contributed by atoms with Gasteiger partial charge in [0, 0.05) is 11.6 Å². The summed E-state index contributed by atoms with van der Waals surface area (Å²) in [5, 5.41) is 0. The maximum Gasteiger partial charge on any atom is 0.495 e. The number of benzene rings is 1. The molecule has 0 unspecified atom stereocenters. The van der Waals surface area contributed by atoms with Gasteiger partial charge in [-0.2, -0.15) is 0 Å². The normalized spacial score (nSPS) is 18.6. The fraction of sp³-hybridized carbons (Fsp3) is 0.318. The van der Waals surface area contributed by atoms with Gasteiger partial charge in [-0.1, -0.05) is 36.4 Å². The summed E-state index contributed by atoms with van der Waals surface area (Å²) in [4.78, 5) is 12.4. The standard InChI is InChI=1S/C22H25BO5/c1-21(2)22(3,4)28-23(27-21)19(18-10-6-5-7-11-18)15-20(24)26-13-8-9-17-12-14-25-16-17/h5-12,14-16H,13H2,1-4H3/b9-8+,19-15-. The third-order valence-electron chi connectivity index (χ3n) is 5.06. The second kappa shape index (κ2) is 8.21. The molecule has 2 heterocycles. The van der Waals surface area contributed by atoms with Gasteiger partial charge in [-0.15, -0.1) is 0 Å². The molecule has 0 radical (unpaired) electrons. The topological polar surface area (TPSA) is 57.9 Å². The minimum absolute atomic E-state index is 0.159. The van der Waals surface area contributed by atoms with Crippen LogP contribution in [0.1, 0.15) is 38.8 Å². The number of hydrogen-bond donors (Lipinski definition) is 0. The SMILES string of the molecule is CC1(C)OB(/C(=C\C(=O)OC/C=C/c2ccoc2)c2ccccc2)OC1(C)C. The molecule has 5 nitrogen and oxygen atoms in total.